The first-order valence-electron chi connectivity index (χ1n) is 7.17. The zero-order chi connectivity index (χ0) is 18.4. The number of methoxy groups -OCH3 is 1. The molecule has 0 saturated heterocycles. The number of alkyl halides is 3. The number of carbonyl (C=O) groups excluding carboxylic acids is 1. The Labute approximate surface area is 146 Å². The van der Waals surface area contributed by atoms with Crippen LogP contribution in [0.1, 0.15) is 11.1 Å². The van der Waals surface area contributed by atoms with Crippen molar-refractivity contribution in [2.75, 3.05) is 18.2 Å². The van der Waals surface area contributed by atoms with E-state index in [9.17, 15) is 22.4 Å². The molecular formula is C17H15F4NO2S. The van der Waals surface area contributed by atoms with Crippen LogP contribution < -0.4 is 10.1 Å². The smallest absolute Gasteiger partial charge is 0.416 e. The second-order valence-electron chi connectivity index (χ2n) is 5.07. The number of benzene rings is 2. The van der Waals surface area contributed by atoms with Gasteiger partial charge in [-0.25, -0.2) is 4.39 Å². The predicted octanol–water partition coefficient (Wildman–Crippen LogP) is 4.73. The van der Waals surface area contributed by atoms with Crippen LogP contribution in [-0.4, -0.2) is 18.8 Å². The van der Waals surface area contributed by atoms with Gasteiger partial charge in [-0.3, -0.25) is 4.79 Å². The monoisotopic (exact) mass is 373 g/mol. The van der Waals surface area contributed by atoms with Crippen LogP contribution in [0.15, 0.2) is 42.5 Å². The van der Waals surface area contributed by atoms with Gasteiger partial charge in [-0.05, 0) is 42.5 Å². The molecule has 0 aliphatic carbocycles. The Morgan fingerprint density at radius 1 is 1.16 bits per heavy atom. The molecule has 2 aromatic rings. The van der Waals surface area contributed by atoms with Gasteiger partial charge in [-0.1, -0.05) is 0 Å². The molecule has 0 radical (unpaired) electrons. The molecule has 0 unspecified atom stereocenters. The number of amides is 1. The van der Waals surface area contributed by atoms with Crippen LogP contribution >= 0.6 is 11.8 Å². The van der Waals surface area contributed by atoms with Crippen LogP contribution in [0.3, 0.4) is 0 Å². The molecule has 1 N–H and O–H groups in total. The molecule has 2 aromatic carbocycles. The minimum Gasteiger partial charge on any atom is -0.496 e. The van der Waals surface area contributed by atoms with Gasteiger partial charge < -0.3 is 10.1 Å². The zero-order valence-corrected chi connectivity index (χ0v) is 14.0. The van der Waals surface area contributed by atoms with E-state index in [0.29, 0.717) is 17.1 Å². The lowest BCUT2D eigenvalue weighted by molar-refractivity contribution is -0.137. The van der Waals surface area contributed by atoms with Crippen LogP contribution in [0.25, 0.3) is 0 Å². The molecule has 0 spiro atoms. The third kappa shape index (κ3) is 5.67. The van der Waals surface area contributed by atoms with E-state index in [1.807, 2.05) is 0 Å². The second kappa shape index (κ2) is 8.24. The molecule has 25 heavy (non-hydrogen) atoms. The van der Waals surface area contributed by atoms with E-state index in [4.69, 9.17) is 4.74 Å². The number of rotatable bonds is 6. The molecule has 0 aliphatic heterocycles. The van der Waals surface area contributed by atoms with Gasteiger partial charge in [0, 0.05) is 17.0 Å². The minimum absolute atomic E-state index is 0.0701. The van der Waals surface area contributed by atoms with E-state index in [0.717, 1.165) is 12.1 Å². The van der Waals surface area contributed by atoms with Gasteiger partial charge in [-0.2, -0.15) is 13.2 Å². The summed E-state index contributed by atoms with van der Waals surface area (Å²) in [5.41, 5.74) is 0.120. The molecule has 0 bridgehead atoms. The Bertz CT molecular complexity index is 732. The molecular weight excluding hydrogens is 358 g/mol. The van der Waals surface area contributed by atoms with Gasteiger partial charge in [0.05, 0.1) is 18.4 Å². The summed E-state index contributed by atoms with van der Waals surface area (Å²) in [5, 5.41) is 2.51. The van der Waals surface area contributed by atoms with E-state index in [1.165, 1.54) is 49.2 Å². The quantitative estimate of drug-likeness (QED) is 0.745. The summed E-state index contributed by atoms with van der Waals surface area (Å²) in [6, 6.07) is 8.32. The lowest BCUT2D eigenvalue weighted by atomic mass is 10.2. The fourth-order valence-electron chi connectivity index (χ4n) is 2.05. The lowest BCUT2D eigenvalue weighted by Crippen LogP contribution is -2.14. The van der Waals surface area contributed by atoms with Gasteiger partial charge in [-0.15, -0.1) is 11.8 Å². The fourth-order valence-corrected chi connectivity index (χ4v) is 2.86. The van der Waals surface area contributed by atoms with Crippen molar-refractivity contribution < 1.29 is 27.1 Å². The van der Waals surface area contributed by atoms with Gasteiger partial charge in [0.25, 0.3) is 0 Å². The number of hydrogen-bond donors (Lipinski definition) is 1. The van der Waals surface area contributed by atoms with Gasteiger partial charge in [0.2, 0.25) is 5.91 Å². The largest absolute Gasteiger partial charge is 0.496 e. The maximum Gasteiger partial charge on any atom is 0.416 e. The Kier molecular flexibility index (Phi) is 6.30. The normalized spacial score (nSPS) is 11.2. The molecule has 0 heterocycles. The number of thioether (sulfide) groups is 1. The van der Waals surface area contributed by atoms with Crippen LogP contribution in [0.5, 0.6) is 5.75 Å². The van der Waals surface area contributed by atoms with Crippen LogP contribution in [0.4, 0.5) is 23.2 Å². The topological polar surface area (TPSA) is 38.3 Å². The predicted molar refractivity (Wildman–Crippen MR) is 89.2 cm³/mol. The Balaban J connectivity index is 1.86. The molecule has 2 rings (SSSR count). The van der Waals surface area contributed by atoms with Crippen molar-refractivity contribution in [3.8, 4) is 5.75 Å². The molecule has 0 aromatic heterocycles. The third-order valence-electron chi connectivity index (χ3n) is 3.23. The summed E-state index contributed by atoms with van der Waals surface area (Å²) in [6.07, 6.45) is -4.41. The number of hydrogen-bond acceptors (Lipinski definition) is 3. The highest BCUT2D eigenvalue weighted by Gasteiger charge is 2.29. The van der Waals surface area contributed by atoms with Crippen molar-refractivity contribution >= 4 is 23.4 Å². The first-order valence-corrected chi connectivity index (χ1v) is 8.32. The van der Waals surface area contributed by atoms with Crippen molar-refractivity contribution in [1.29, 1.82) is 0 Å². The molecule has 0 saturated carbocycles. The average Bonchev–Trinajstić information content (AvgIpc) is 2.55. The SMILES string of the molecule is COc1ccc(F)cc1CSCC(=O)Nc1ccc(C(F)(F)F)cc1. The van der Waals surface area contributed by atoms with E-state index in [-0.39, 0.29) is 17.3 Å². The number of carbonyl (C=O) groups is 1. The van der Waals surface area contributed by atoms with Crippen molar-refractivity contribution in [3.63, 3.8) is 0 Å². The van der Waals surface area contributed by atoms with E-state index in [1.54, 1.807) is 0 Å². The highest BCUT2D eigenvalue weighted by molar-refractivity contribution is 7.99. The zero-order valence-electron chi connectivity index (χ0n) is 13.2. The van der Waals surface area contributed by atoms with Gasteiger partial charge in [0.15, 0.2) is 0 Å². The van der Waals surface area contributed by atoms with Gasteiger partial charge in [0.1, 0.15) is 11.6 Å². The fraction of sp³-hybridized carbons (Fsp3) is 0.235. The Hall–Kier alpha value is -2.22. The van der Waals surface area contributed by atoms with Crippen molar-refractivity contribution in [2.24, 2.45) is 0 Å². The Morgan fingerprint density at radius 2 is 1.84 bits per heavy atom. The molecule has 0 fully saturated rings. The summed E-state index contributed by atoms with van der Waals surface area (Å²) >= 11 is 1.24. The van der Waals surface area contributed by atoms with Crippen molar-refractivity contribution in [3.05, 3.63) is 59.4 Å². The standard InChI is InChI=1S/C17H15F4NO2S/c1-24-15-7-4-13(18)8-11(15)9-25-10-16(23)22-14-5-2-12(3-6-14)17(19,20)21/h2-8H,9-10H2,1H3,(H,22,23). The summed E-state index contributed by atoms with van der Waals surface area (Å²) in [5.74, 6) is 0.199. The van der Waals surface area contributed by atoms with Crippen LogP contribution in [0.2, 0.25) is 0 Å². The molecule has 134 valence electrons. The Morgan fingerprint density at radius 3 is 2.44 bits per heavy atom. The number of nitrogens with one attached hydrogen (secondary N) is 1. The average molecular weight is 373 g/mol. The third-order valence-corrected chi connectivity index (χ3v) is 4.21. The number of ether oxygens (including phenoxy) is 1. The number of halogens is 4. The summed E-state index contributed by atoms with van der Waals surface area (Å²) in [7, 11) is 1.47. The molecule has 1 amide bonds. The molecule has 8 heteroatoms. The van der Waals surface area contributed by atoms with E-state index in [2.05, 4.69) is 5.32 Å². The highest BCUT2D eigenvalue weighted by Crippen LogP contribution is 2.30. The maximum atomic E-state index is 13.2. The summed E-state index contributed by atoms with van der Waals surface area (Å²) < 4.78 is 55.8. The van der Waals surface area contributed by atoms with Crippen molar-refractivity contribution in [1.82, 2.24) is 0 Å². The van der Waals surface area contributed by atoms with Crippen molar-refractivity contribution in [2.45, 2.75) is 11.9 Å². The molecule has 0 atom stereocenters. The molecule has 3 nitrogen and oxygen atoms in total. The van der Waals surface area contributed by atoms with Crippen LogP contribution in [0, 0.1) is 5.82 Å². The highest BCUT2D eigenvalue weighted by atomic mass is 32.2. The number of anilines is 1. The summed E-state index contributed by atoms with van der Waals surface area (Å²) in [6.45, 7) is 0. The second-order valence-corrected chi connectivity index (χ2v) is 6.06. The molecule has 0 aliphatic rings. The van der Waals surface area contributed by atoms with Crippen LogP contribution in [-0.2, 0) is 16.7 Å². The summed E-state index contributed by atoms with van der Waals surface area (Å²) in [4.78, 5) is 11.8. The first-order chi connectivity index (χ1) is 11.8. The first kappa shape index (κ1) is 19.1. The lowest BCUT2D eigenvalue weighted by Gasteiger charge is -2.10. The maximum absolute atomic E-state index is 13.2. The van der Waals surface area contributed by atoms with E-state index >= 15 is 0 Å². The minimum atomic E-state index is -4.41. The van der Waals surface area contributed by atoms with Gasteiger partial charge >= 0.3 is 6.18 Å². The van der Waals surface area contributed by atoms with E-state index < -0.39 is 17.6 Å².